The summed E-state index contributed by atoms with van der Waals surface area (Å²) >= 11 is 7.20. The Hall–Kier alpha value is -2.98. The molecular weight excluding hydrogens is 427 g/mol. The molecule has 0 saturated heterocycles. The average Bonchev–Trinajstić information content (AvgIpc) is 3.34. The molecule has 0 aliphatic carbocycles. The Bertz CT molecular complexity index is 1190. The topological polar surface area (TPSA) is 72.2 Å². The third-order valence-corrected chi connectivity index (χ3v) is 5.19. The highest BCUT2D eigenvalue weighted by molar-refractivity contribution is 7.13. The Kier molecular flexibility index (Phi) is 4.97. The van der Waals surface area contributed by atoms with E-state index in [1.807, 2.05) is 30.3 Å². The monoisotopic (exact) mass is 437 g/mol. The first kappa shape index (κ1) is 19.3. The molecule has 6 nitrogen and oxygen atoms in total. The molecule has 0 radical (unpaired) electrons. The summed E-state index contributed by atoms with van der Waals surface area (Å²) in [5, 5.41) is 12.3. The third kappa shape index (κ3) is 3.94. The van der Waals surface area contributed by atoms with E-state index in [0.29, 0.717) is 5.01 Å². The van der Waals surface area contributed by atoms with E-state index < -0.39 is 17.6 Å². The maximum absolute atomic E-state index is 13.0. The van der Waals surface area contributed by atoms with Crippen molar-refractivity contribution in [1.82, 2.24) is 24.9 Å². The smallest absolute Gasteiger partial charge is 0.343 e. The Balaban J connectivity index is 1.53. The van der Waals surface area contributed by atoms with Gasteiger partial charge in [0.1, 0.15) is 10.7 Å². The van der Waals surface area contributed by atoms with E-state index in [1.165, 1.54) is 11.3 Å². The lowest BCUT2D eigenvalue weighted by molar-refractivity contribution is -0.137. The zero-order valence-corrected chi connectivity index (χ0v) is 16.0. The summed E-state index contributed by atoms with van der Waals surface area (Å²) in [6.45, 7) is -0.143. The van der Waals surface area contributed by atoms with Crippen LogP contribution in [-0.4, -0.2) is 25.5 Å². The molecule has 0 saturated carbocycles. The van der Waals surface area contributed by atoms with Gasteiger partial charge in [0.25, 0.3) is 5.91 Å². The van der Waals surface area contributed by atoms with Crippen LogP contribution < -0.4 is 5.32 Å². The predicted molar refractivity (Wildman–Crippen MR) is 102 cm³/mol. The zero-order valence-electron chi connectivity index (χ0n) is 14.4. The second-order valence-electron chi connectivity index (χ2n) is 5.97. The number of rotatable bonds is 4. The Morgan fingerprint density at radius 3 is 2.69 bits per heavy atom. The standard InChI is InChI=1S/C18H11ClF3N5OS/c19-12-6-11(18(20,21)22)8-27-14(25-26-15(12)27)7-23-16(28)13-9-29-17(24-13)10-4-2-1-3-5-10/h1-6,8-9H,7H2,(H,23,28). The van der Waals surface area contributed by atoms with E-state index in [2.05, 4.69) is 20.5 Å². The number of benzene rings is 1. The number of nitrogens with zero attached hydrogens (tertiary/aromatic N) is 4. The van der Waals surface area contributed by atoms with E-state index in [0.717, 1.165) is 22.2 Å². The minimum atomic E-state index is -4.57. The highest BCUT2D eigenvalue weighted by Crippen LogP contribution is 2.32. The maximum Gasteiger partial charge on any atom is 0.417 e. The van der Waals surface area contributed by atoms with Crippen LogP contribution in [0.15, 0.2) is 48.0 Å². The van der Waals surface area contributed by atoms with Crippen molar-refractivity contribution in [2.75, 3.05) is 0 Å². The molecule has 0 spiro atoms. The fourth-order valence-electron chi connectivity index (χ4n) is 2.62. The summed E-state index contributed by atoms with van der Waals surface area (Å²) in [6, 6.07) is 10.2. The molecule has 11 heteroatoms. The molecule has 0 bridgehead atoms. The molecule has 4 rings (SSSR count). The van der Waals surface area contributed by atoms with Crippen molar-refractivity contribution >= 4 is 34.5 Å². The van der Waals surface area contributed by atoms with Crippen LogP contribution in [0, 0.1) is 0 Å². The van der Waals surface area contributed by atoms with Gasteiger partial charge in [-0.15, -0.1) is 21.5 Å². The van der Waals surface area contributed by atoms with E-state index in [4.69, 9.17) is 11.6 Å². The fourth-order valence-corrected chi connectivity index (χ4v) is 3.67. The van der Waals surface area contributed by atoms with E-state index >= 15 is 0 Å². The van der Waals surface area contributed by atoms with Gasteiger partial charge in [0.15, 0.2) is 11.5 Å². The number of fused-ring (bicyclic) bond motifs is 1. The molecule has 0 unspecified atom stereocenters. The lowest BCUT2D eigenvalue weighted by atomic mass is 10.2. The fraction of sp³-hybridized carbons (Fsp3) is 0.111. The number of halogens is 4. The highest BCUT2D eigenvalue weighted by atomic mass is 35.5. The number of carbonyl (C=O) groups is 1. The molecule has 3 heterocycles. The number of thiazole rings is 1. The van der Waals surface area contributed by atoms with Gasteiger partial charge in [-0.2, -0.15) is 13.2 Å². The molecule has 0 aliphatic heterocycles. The van der Waals surface area contributed by atoms with Gasteiger partial charge >= 0.3 is 6.18 Å². The maximum atomic E-state index is 13.0. The number of aromatic nitrogens is 4. The second-order valence-corrected chi connectivity index (χ2v) is 7.24. The molecule has 4 aromatic rings. The summed E-state index contributed by atoms with van der Waals surface area (Å²) in [6.07, 6.45) is -3.73. The normalized spacial score (nSPS) is 11.7. The van der Waals surface area contributed by atoms with Crippen molar-refractivity contribution < 1.29 is 18.0 Å². The van der Waals surface area contributed by atoms with E-state index in [1.54, 1.807) is 5.38 Å². The molecule has 3 aromatic heterocycles. The van der Waals surface area contributed by atoms with Crippen LogP contribution in [0.5, 0.6) is 0 Å². The number of hydrogen-bond acceptors (Lipinski definition) is 5. The van der Waals surface area contributed by atoms with Gasteiger partial charge in [-0.25, -0.2) is 4.98 Å². The molecule has 148 valence electrons. The zero-order chi connectivity index (χ0) is 20.6. The lowest BCUT2D eigenvalue weighted by Crippen LogP contribution is -2.24. The Labute approximate surface area is 171 Å². The first-order valence-corrected chi connectivity index (χ1v) is 9.48. The van der Waals surface area contributed by atoms with Crippen LogP contribution in [0.2, 0.25) is 5.02 Å². The largest absolute Gasteiger partial charge is 0.417 e. The minimum Gasteiger partial charge on any atom is -0.343 e. The van der Waals surface area contributed by atoms with Crippen LogP contribution in [0.25, 0.3) is 16.2 Å². The van der Waals surface area contributed by atoms with Crippen molar-refractivity contribution in [3.8, 4) is 10.6 Å². The Morgan fingerprint density at radius 2 is 1.97 bits per heavy atom. The SMILES string of the molecule is O=C(NCc1nnc2c(Cl)cc(C(F)(F)F)cn12)c1csc(-c2ccccc2)n1. The molecule has 0 atom stereocenters. The number of hydrogen-bond donors (Lipinski definition) is 1. The van der Waals surface area contributed by atoms with Gasteiger partial charge in [-0.1, -0.05) is 41.9 Å². The first-order valence-electron chi connectivity index (χ1n) is 8.22. The van der Waals surface area contributed by atoms with Crippen LogP contribution in [0.3, 0.4) is 0 Å². The van der Waals surface area contributed by atoms with Crippen molar-refractivity contribution in [3.05, 3.63) is 70.1 Å². The summed E-state index contributed by atoms with van der Waals surface area (Å²) in [5.41, 5.74) is 0.226. The van der Waals surface area contributed by atoms with Gasteiger partial charge in [0.05, 0.1) is 17.1 Å². The van der Waals surface area contributed by atoms with E-state index in [9.17, 15) is 18.0 Å². The van der Waals surface area contributed by atoms with Crippen LogP contribution >= 0.6 is 22.9 Å². The summed E-state index contributed by atoms with van der Waals surface area (Å²) in [7, 11) is 0. The highest BCUT2D eigenvalue weighted by Gasteiger charge is 2.32. The molecule has 0 fully saturated rings. The summed E-state index contributed by atoms with van der Waals surface area (Å²) in [4.78, 5) is 16.7. The molecule has 1 amide bonds. The third-order valence-electron chi connectivity index (χ3n) is 4.02. The Morgan fingerprint density at radius 1 is 1.21 bits per heavy atom. The number of carbonyl (C=O) groups excluding carboxylic acids is 1. The quantitative estimate of drug-likeness (QED) is 0.512. The van der Waals surface area contributed by atoms with E-state index in [-0.39, 0.29) is 28.7 Å². The van der Waals surface area contributed by atoms with Crippen molar-refractivity contribution in [3.63, 3.8) is 0 Å². The predicted octanol–water partition coefficient (Wildman–Crippen LogP) is 4.46. The van der Waals surface area contributed by atoms with Crippen molar-refractivity contribution in [2.45, 2.75) is 12.7 Å². The van der Waals surface area contributed by atoms with Crippen LogP contribution in [-0.2, 0) is 12.7 Å². The van der Waals surface area contributed by atoms with Crippen LogP contribution in [0.4, 0.5) is 13.2 Å². The number of pyridine rings is 1. The molecule has 0 aliphatic rings. The number of nitrogens with one attached hydrogen (secondary N) is 1. The van der Waals surface area contributed by atoms with Crippen LogP contribution in [0.1, 0.15) is 21.9 Å². The van der Waals surface area contributed by atoms with Gasteiger partial charge in [-0.3, -0.25) is 9.20 Å². The molecule has 1 N–H and O–H groups in total. The molecule has 29 heavy (non-hydrogen) atoms. The summed E-state index contributed by atoms with van der Waals surface area (Å²) < 4.78 is 40.2. The van der Waals surface area contributed by atoms with Gasteiger partial charge in [0.2, 0.25) is 0 Å². The number of alkyl halides is 3. The van der Waals surface area contributed by atoms with Crippen molar-refractivity contribution in [2.24, 2.45) is 0 Å². The van der Waals surface area contributed by atoms with Crippen molar-refractivity contribution in [1.29, 1.82) is 0 Å². The molecular formula is C18H11ClF3N5OS. The second kappa shape index (κ2) is 7.45. The van der Waals surface area contributed by atoms with Gasteiger partial charge < -0.3 is 5.32 Å². The van der Waals surface area contributed by atoms with Gasteiger partial charge in [-0.05, 0) is 6.07 Å². The first-order chi connectivity index (χ1) is 13.8. The minimum absolute atomic E-state index is 0.0731. The lowest BCUT2D eigenvalue weighted by Gasteiger charge is -2.09. The molecule has 1 aromatic carbocycles. The van der Waals surface area contributed by atoms with Gasteiger partial charge in [0, 0.05) is 17.1 Å². The average molecular weight is 438 g/mol. The number of amides is 1. The summed E-state index contributed by atoms with van der Waals surface area (Å²) in [5.74, 6) is -0.363.